The lowest BCUT2D eigenvalue weighted by atomic mass is 10.2. The Hall–Kier alpha value is -4.15. The van der Waals surface area contributed by atoms with Gasteiger partial charge in [-0.05, 0) is 32.9 Å². The number of esters is 2. The van der Waals surface area contributed by atoms with Crippen molar-refractivity contribution in [1.29, 1.82) is 0 Å². The fraction of sp³-hybridized carbons (Fsp3) is 0.318. The van der Waals surface area contributed by atoms with Crippen molar-refractivity contribution < 1.29 is 33.0 Å². The lowest BCUT2D eigenvalue weighted by Gasteiger charge is -2.10. The molecule has 2 heterocycles. The average Bonchev–Trinajstić information content (AvgIpc) is 3.13. The van der Waals surface area contributed by atoms with Crippen molar-refractivity contribution in [2.75, 3.05) is 25.5 Å². The third kappa shape index (κ3) is 5.37. The van der Waals surface area contributed by atoms with Gasteiger partial charge in [0.2, 0.25) is 5.71 Å². The number of anilines is 1. The van der Waals surface area contributed by atoms with Gasteiger partial charge in [-0.25, -0.2) is 9.78 Å². The first-order valence-electron chi connectivity index (χ1n) is 10.2. The fourth-order valence-electron chi connectivity index (χ4n) is 3.08. The maximum atomic E-state index is 12.4. The molecule has 0 spiro atoms. The van der Waals surface area contributed by atoms with E-state index in [9.17, 15) is 14.4 Å². The molecule has 1 amide bonds. The summed E-state index contributed by atoms with van der Waals surface area (Å²) in [5, 5.41) is 2.72. The molecular formula is C22H24N4O7. The molecule has 0 aliphatic carbocycles. The number of rotatable bonds is 9. The van der Waals surface area contributed by atoms with E-state index in [0.29, 0.717) is 17.9 Å². The SMILES string of the molecule is CCOC(=O)c1c(C)oc2nc(COC(=O)CNC(=O)c3ccccc3OCC)nc(N)c12. The normalized spacial score (nSPS) is 10.6. The second-order valence-electron chi connectivity index (χ2n) is 6.73. The summed E-state index contributed by atoms with van der Waals surface area (Å²) in [7, 11) is 0. The van der Waals surface area contributed by atoms with Crippen LogP contribution in [0.2, 0.25) is 0 Å². The summed E-state index contributed by atoms with van der Waals surface area (Å²) in [6.07, 6.45) is 0. The number of ether oxygens (including phenoxy) is 3. The maximum absolute atomic E-state index is 12.4. The highest BCUT2D eigenvalue weighted by Gasteiger charge is 2.24. The van der Waals surface area contributed by atoms with Crippen molar-refractivity contribution in [3.05, 3.63) is 47.0 Å². The number of benzene rings is 1. The van der Waals surface area contributed by atoms with Crippen LogP contribution in [-0.4, -0.2) is 47.6 Å². The highest BCUT2D eigenvalue weighted by molar-refractivity contribution is 6.07. The summed E-state index contributed by atoms with van der Waals surface area (Å²) in [6.45, 7) is 4.98. The Morgan fingerprint density at radius 1 is 1.09 bits per heavy atom. The molecule has 3 N–H and O–H groups in total. The molecule has 0 bridgehead atoms. The molecule has 0 saturated heterocycles. The molecule has 0 atom stereocenters. The molecule has 174 valence electrons. The Kier molecular flexibility index (Phi) is 7.44. The van der Waals surface area contributed by atoms with E-state index < -0.39 is 17.8 Å². The van der Waals surface area contributed by atoms with Crippen molar-refractivity contribution in [3.8, 4) is 5.75 Å². The molecule has 33 heavy (non-hydrogen) atoms. The largest absolute Gasteiger partial charge is 0.493 e. The van der Waals surface area contributed by atoms with Crippen LogP contribution in [0.5, 0.6) is 5.75 Å². The van der Waals surface area contributed by atoms with E-state index in [2.05, 4.69) is 15.3 Å². The predicted octanol–water partition coefficient (Wildman–Crippen LogP) is 2.16. The number of para-hydroxylation sites is 1. The van der Waals surface area contributed by atoms with E-state index >= 15 is 0 Å². The van der Waals surface area contributed by atoms with Crippen LogP contribution in [0.3, 0.4) is 0 Å². The second kappa shape index (κ2) is 10.4. The van der Waals surface area contributed by atoms with Crippen LogP contribution >= 0.6 is 0 Å². The quantitative estimate of drug-likeness (QED) is 0.457. The summed E-state index contributed by atoms with van der Waals surface area (Å²) in [5.74, 6) is -1.01. The minimum Gasteiger partial charge on any atom is -0.493 e. The summed E-state index contributed by atoms with van der Waals surface area (Å²) >= 11 is 0. The number of carbonyl (C=O) groups excluding carboxylic acids is 3. The van der Waals surface area contributed by atoms with Gasteiger partial charge in [0.15, 0.2) is 12.4 Å². The lowest BCUT2D eigenvalue weighted by molar-refractivity contribution is -0.143. The molecule has 0 radical (unpaired) electrons. The first-order valence-corrected chi connectivity index (χ1v) is 10.2. The highest BCUT2D eigenvalue weighted by Crippen LogP contribution is 2.29. The topological polar surface area (TPSA) is 156 Å². The molecule has 0 fully saturated rings. The summed E-state index contributed by atoms with van der Waals surface area (Å²) in [4.78, 5) is 44.9. The number of nitrogen functional groups attached to an aromatic ring is 1. The predicted molar refractivity (Wildman–Crippen MR) is 117 cm³/mol. The highest BCUT2D eigenvalue weighted by atomic mass is 16.5. The number of hydrogen-bond donors (Lipinski definition) is 2. The summed E-state index contributed by atoms with van der Waals surface area (Å²) in [6, 6.07) is 6.69. The molecule has 0 aliphatic rings. The summed E-state index contributed by atoms with van der Waals surface area (Å²) in [5.41, 5.74) is 6.52. The zero-order valence-corrected chi connectivity index (χ0v) is 18.5. The van der Waals surface area contributed by atoms with Gasteiger partial charge in [-0.3, -0.25) is 9.59 Å². The Bertz CT molecular complexity index is 1190. The molecular weight excluding hydrogens is 432 g/mol. The van der Waals surface area contributed by atoms with Crippen molar-refractivity contribution in [2.24, 2.45) is 0 Å². The van der Waals surface area contributed by atoms with Gasteiger partial charge in [0, 0.05) is 0 Å². The van der Waals surface area contributed by atoms with E-state index in [-0.39, 0.29) is 53.8 Å². The van der Waals surface area contributed by atoms with E-state index in [1.165, 1.54) is 0 Å². The zero-order chi connectivity index (χ0) is 24.0. The standard InChI is InChI=1S/C22H24N4O7/c1-4-30-14-9-7-6-8-13(14)20(28)24-10-16(27)32-11-15-25-19(23)18-17(22(29)31-5-2)12(3)33-21(18)26-15/h6-9H,4-5,10-11H2,1-3H3,(H,24,28)(H2,23,25,26). The number of amides is 1. The fourth-order valence-corrected chi connectivity index (χ4v) is 3.08. The van der Waals surface area contributed by atoms with Crippen molar-refractivity contribution in [3.63, 3.8) is 0 Å². The first kappa shape index (κ1) is 23.5. The van der Waals surface area contributed by atoms with Gasteiger partial charge < -0.3 is 29.7 Å². The number of carbonyl (C=O) groups is 3. The minimum atomic E-state index is -0.706. The smallest absolute Gasteiger partial charge is 0.342 e. The molecule has 0 unspecified atom stereocenters. The van der Waals surface area contributed by atoms with Crippen LogP contribution in [0.25, 0.3) is 11.1 Å². The third-order valence-corrected chi connectivity index (χ3v) is 4.47. The Morgan fingerprint density at radius 2 is 1.85 bits per heavy atom. The number of fused-ring (bicyclic) bond motifs is 1. The monoisotopic (exact) mass is 456 g/mol. The molecule has 0 aliphatic heterocycles. The van der Waals surface area contributed by atoms with Crippen LogP contribution in [-0.2, 0) is 20.9 Å². The van der Waals surface area contributed by atoms with Gasteiger partial charge >= 0.3 is 11.9 Å². The van der Waals surface area contributed by atoms with E-state index in [1.54, 1.807) is 45.0 Å². The van der Waals surface area contributed by atoms with Gasteiger partial charge in [0.05, 0.1) is 24.2 Å². The van der Waals surface area contributed by atoms with Gasteiger partial charge in [-0.1, -0.05) is 12.1 Å². The maximum Gasteiger partial charge on any atom is 0.342 e. The summed E-state index contributed by atoms with van der Waals surface area (Å²) < 4.78 is 21.1. The van der Waals surface area contributed by atoms with Crippen LogP contribution in [0.4, 0.5) is 5.82 Å². The van der Waals surface area contributed by atoms with Crippen LogP contribution in [0.1, 0.15) is 46.1 Å². The first-order chi connectivity index (χ1) is 15.8. The van der Waals surface area contributed by atoms with E-state index in [0.717, 1.165) is 0 Å². The van der Waals surface area contributed by atoms with Crippen LogP contribution < -0.4 is 15.8 Å². The van der Waals surface area contributed by atoms with Crippen LogP contribution in [0.15, 0.2) is 28.7 Å². The zero-order valence-electron chi connectivity index (χ0n) is 18.5. The van der Waals surface area contributed by atoms with Gasteiger partial charge in [0.1, 0.15) is 29.4 Å². The molecule has 2 aromatic heterocycles. The molecule has 11 heteroatoms. The average molecular weight is 456 g/mol. The second-order valence-corrected chi connectivity index (χ2v) is 6.73. The number of aromatic nitrogens is 2. The minimum absolute atomic E-state index is 0.00761. The van der Waals surface area contributed by atoms with E-state index in [1.807, 2.05) is 0 Å². The van der Waals surface area contributed by atoms with E-state index in [4.69, 9.17) is 24.4 Å². The number of nitrogens with two attached hydrogens (primary N) is 1. The third-order valence-electron chi connectivity index (χ3n) is 4.47. The number of hydrogen-bond acceptors (Lipinski definition) is 10. The number of nitrogens with one attached hydrogen (secondary N) is 1. The Labute approximate surface area is 189 Å². The number of furan rings is 1. The molecule has 3 rings (SSSR count). The molecule has 11 nitrogen and oxygen atoms in total. The van der Waals surface area contributed by atoms with Crippen molar-refractivity contribution in [1.82, 2.24) is 15.3 Å². The van der Waals surface area contributed by atoms with Gasteiger partial charge in [0.25, 0.3) is 5.91 Å². The van der Waals surface area contributed by atoms with Gasteiger partial charge in [-0.2, -0.15) is 4.98 Å². The molecule has 0 saturated carbocycles. The Morgan fingerprint density at radius 3 is 2.58 bits per heavy atom. The molecule has 1 aromatic carbocycles. The number of nitrogens with zero attached hydrogens (tertiary/aromatic N) is 2. The van der Waals surface area contributed by atoms with Gasteiger partial charge in [-0.15, -0.1) is 0 Å². The van der Waals surface area contributed by atoms with Crippen molar-refractivity contribution >= 4 is 34.8 Å². The van der Waals surface area contributed by atoms with Crippen molar-refractivity contribution in [2.45, 2.75) is 27.4 Å². The number of aryl methyl sites for hydroxylation is 1. The van der Waals surface area contributed by atoms with Crippen LogP contribution in [0, 0.1) is 6.92 Å². The lowest BCUT2D eigenvalue weighted by Crippen LogP contribution is -2.31. The molecule has 3 aromatic rings. The Balaban J connectivity index is 1.63.